The molecule has 3 heterocycles. The predicted octanol–water partition coefficient (Wildman–Crippen LogP) is 3.27. The highest BCUT2D eigenvalue weighted by atomic mass is 16.2. The highest BCUT2D eigenvalue weighted by Crippen LogP contribution is 2.23. The number of nitrogens with one attached hydrogen (secondary N) is 1. The van der Waals surface area contributed by atoms with Crippen LogP contribution in [0.5, 0.6) is 0 Å². The third-order valence-corrected chi connectivity index (χ3v) is 5.30. The van der Waals surface area contributed by atoms with Gasteiger partial charge in [0, 0.05) is 24.8 Å². The van der Waals surface area contributed by atoms with Crippen LogP contribution in [-0.4, -0.2) is 44.7 Å². The molecule has 0 bridgehead atoms. The Kier molecular flexibility index (Phi) is 5.59. The molecule has 0 saturated carbocycles. The summed E-state index contributed by atoms with van der Waals surface area (Å²) in [5, 5.41) is 2.94. The van der Waals surface area contributed by atoms with Crippen molar-refractivity contribution >= 4 is 17.3 Å². The molecule has 140 valence electrons. The minimum atomic E-state index is -0.245. The lowest BCUT2D eigenvalue weighted by molar-refractivity contribution is 0.0604. The van der Waals surface area contributed by atoms with Crippen LogP contribution in [0.3, 0.4) is 0 Å². The number of amides is 2. The minimum absolute atomic E-state index is 0.0595. The molecular formula is C20H28N4O2. The van der Waals surface area contributed by atoms with Crippen molar-refractivity contribution in [1.82, 2.24) is 19.6 Å². The van der Waals surface area contributed by atoms with Crippen molar-refractivity contribution in [3.63, 3.8) is 0 Å². The first-order valence-electron chi connectivity index (χ1n) is 9.65. The molecule has 2 aromatic heterocycles. The standard InChI is InChI=1S/C20H28N4O2/c1-4-14(3)21-19(25)18-22-17(16-11-7-9-13-24(16)18)20(26)23-12-8-6-10-15(23)5-2/h7,9,11,13-15H,4-6,8,10,12H2,1-3H3,(H,21,25). The summed E-state index contributed by atoms with van der Waals surface area (Å²) >= 11 is 0. The maximum Gasteiger partial charge on any atom is 0.287 e. The minimum Gasteiger partial charge on any atom is -0.347 e. The summed E-state index contributed by atoms with van der Waals surface area (Å²) < 4.78 is 1.72. The number of imidazole rings is 1. The highest BCUT2D eigenvalue weighted by molar-refractivity contribution is 6.02. The predicted molar refractivity (Wildman–Crippen MR) is 101 cm³/mol. The van der Waals surface area contributed by atoms with E-state index >= 15 is 0 Å². The number of rotatable bonds is 5. The van der Waals surface area contributed by atoms with E-state index < -0.39 is 0 Å². The van der Waals surface area contributed by atoms with Crippen LogP contribution in [0, 0.1) is 0 Å². The van der Waals surface area contributed by atoms with Gasteiger partial charge in [-0.05, 0) is 51.2 Å². The normalized spacial score (nSPS) is 18.7. The number of hydrogen-bond donors (Lipinski definition) is 1. The molecule has 1 N–H and O–H groups in total. The Morgan fingerprint density at radius 1 is 1.31 bits per heavy atom. The van der Waals surface area contributed by atoms with Crippen molar-refractivity contribution in [1.29, 1.82) is 0 Å². The maximum atomic E-state index is 13.2. The number of aromatic nitrogens is 2. The Hall–Kier alpha value is -2.37. The molecule has 6 heteroatoms. The number of carbonyl (C=O) groups is 2. The average molecular weight is 356 g/mol. The van der Waals surface area contributed by atoms with E-state index in [0.29, 0.717) is 11.2 Å². The van der Waals surface area contributed by atoms with Gasteiger partial charge in [-0.25, -0.2) is 4.98 Å². The topological polar surface area (TPSA) is 66.7 Å². The fraction of sp³-hybridized carbons (Fsp3) is 0.550. The van der Waals surface area contributed by atoms with Crippen molar-refractivity contribution < 1.29 is 9.59 Å². The van der Waals surface area contributed by atoms with E-state index in [2.05, 4.69) is 17.2 Å². The van der Waals surface area contributed by atoms with E-state index in [9.17, 15) is 9.59 Å². The zero-order valence-corrected chi connectivity index (χ0v) is 15.9. The van der Waals surface area contributed by atoms with Crippen LogP contribution >= 0.6 is 0 Å². The molecule has 0 spiro atoms. The van der Waals surface area contributed by atoms with Gasteiger partial charge in [0.05, 0.1) is 5.52 Å². The second-order valence-electron chi connectivity index (χ2n) is 7.08. The zero-order valence-electron chi connectivity index (χ0n) is 15.9. The summed E-state index contributed by atoms with van der Waals surface area (Å²) in [7, 11) is 0. The molecule has 3 rings (SSSR count). The Morgan fingerprint density at radius 3 is 2.85 bits per heavy atom. The summed E-state index contributed by atoms with van der Waals surface area (Å²) in [5.41, 5.74) is 1.06. The second-order valence-corrected chi connectivity index (χ2v) is 7.08. The van der Waals surface area contributed by atoms with Crippen molar-refractivity contribution in [3.05, 3.63) is 35.9 Å². The molecule has 1 fully saturated rings. The van der Waals surface area contributed by atoms with Crippen LogP contribution in [0.4, 0.5) is 0 Å². The summed E-state index contributed by atoms with van der Waals surface area (Å²) in [6, 6.07) is 5.89. The number of pyridine rings is 1. The van der Waals surface area contributed by atoms with Crippen LogP contribution in [0.1, 0.15) is 74.0 Å². The number of likely N-dealkylation sites (tertiary alicyclic amines) is 1. The first kappa shape index (κ1) is 18.4. The Morgan fingerprint density at radius 2 is 2.12 bits per heavy atom. The Balaban J connectivity index is 1.98. The monoisotopic (exact) mass is 356 g/mol. The molecule has 0 radical (unpaired) electrons. The van der Waals surface area contributed by atoms with Crippen molar-refractivity contribution in [2.45, 2.75) is 65.0 Å². The number of fused-ring (bicyclic) bond motifs is 1. The summed E-state index contributed by atoms with van der Waals surface area (Å²) in [4.78, 5) is 32.3. The molecule has 6 nitrogen and oxygen atoms in total. The maximum absolute atomic E-state index is 13.2. The third kappa shape index (κ3) is 3.45. The number of hydrogen-bond acceptors (Lipinski definition) is 3. The van der Waals surface area contributed by atoms with Crippen molar-refractivity contribution in [2.75, 3.05) is 6.54 Å². The van der Waals surface area contributed by atoms with Gasteiger partial charge in [-0.2, -0.15) is 0 Å². The Labute approximate surface area is 154 Å². The molecule has 1 aliphatic heterocycles. The molecule has 2 unspecified atom stereocenters. The molecule has 1 saturated heterocycles. The lowest BCUT2D eigenvalue weighted by Gasteiger charge is -2.34. The van der Waals surface area contributed by atoms with Gasteiger partial charge < -0.3 is 10.2 Å². The number of carbonyl (C=O) groups excluding carboxylic acids is 2. The van der Waals surface area contributed by atoms with Gasteiger partial charge in [-0.3, -0.25) is 14.0 Å². The van der Waals surface area contributed by atoms with E-state index in [1.807, 2.05) is 36.9 Å². The molecule has 2 aromatic rings. The summed E-state index contributed by atoms with van der Waals surface area (Å²) in [5.74, 6) is -0.0394. The molecule has 0 aromatic carbocycles. The first-order valence-corrected chi connectivity index (χ1v) is 9.65. The lowest BCUT2D eigenvalue weighted by Crippen LogP contribution is -2.43. The van der Waals surface area contributed by atoms with Crippen molar-refractivity contribution in [3.8, 4) is 0 Å². The summed E-state index contributed by atoms with van der Waals surface area (Å²) in [6.07, 6.45) is 6.80. The second kappa shape index (κ2) is 7.89. The van der Waals surface area contributed by atoms with E-state index in [4.69, 9.17) is 0 Å². The average Bonchev–Trinajstić information content (AvgIpc) is 3.07. The van der Waals surface area contributed by atoms with E-state index in [-0.39, 0.29) is 29.7 Å². The van der Waals surface area contributed by atoms with Crippen LogP contribution < -0.4 is 5.32 Å². The van der Waals surface area contributed by atoms with E-state index in [1.165, 1.54) is 0 Å². The Bertz CT molecular complexity index is 798. The van der Waals surface area contributed by atoms with Gasteiger partial charge in [-0.1, -0.05) is 19.9 Å². The van der Waals surface area contributed by atoms with Crippen LogP contribution in [-0.2, 0) is 0 Å². The van der Waals surface area contributed by atoms with Gasteiger partial charge in [0.2, 0.25) is 5.82 Å². The van der Waals surface area contributed by atoms with Crippen LogP contribution in [0.25, 0.3) is 5.52 Å². The van der Waals surface area contributed by atoms with Crippen LogP contribution in [0.15, 0.2) is 24.4 Å². The molecule has 26 heavy (non-hydrogen) atoms. The fourth-order valence-corrected chi connectivity index (χ4v) is 3.57. The molecule has 2 amide bonds. The molecular weight excluding hydrogens is 328 g/mol. The third-order valence-electron chi connectivity index (χ3n) is 5.30. The van der Waals surface area contributed by atoms with Crippen molar-refractivity contribution in [2.24, 2.45) is 0 Å². The van der Waals surface area contributed by atoms with Gasteiger partial charge in [0.1, 0.15) is 0 Å². The lowest BCUT2D eigenvalue weighted by atomic mass is 9.99. The van der Waals surface area contributed by atoms with Gasteiger partial charge in [0.25, 0.3) is 11.8 Å². The quantitative estimate of drug-likeness (QED) is 0.894. The van der Waals surface area contributed by atoms with E-state index in [0.717, 1.165) is 38.6 Å². The van der Waals surface area contributed by atoms with E-state index in [1.54, 1.807) is 10.6 Å². The molecule has 2 atom stereocenters. The number of nitrogens with zero attached hydrogens (tertiary/aromatic N) is 3. The zero-order chi connectivity index (χ0) is 18.7. The van der Waals surface area contributed by atoms with Gasteiger partial charge >= 0.3 is 0 Å². The largest absolute Gasteiger partial charge is 0.347 e. The smallest absolute Gasteiger partial charge is 0.287 e. The van der Waals surface area contributed by atoms with Crippen LogP contribution in [0.2, 0.25) is 0 Å². The summed E-state index contributed by atoms with van der Waals surface area (Å²) in [6.45, 7) is 6.86. The molecule has 0 aliphatic carbocycles. The highest BCUT2D eigenvalue weighted by Gasteiger charge is 2.30. The van der Waals surface area contributed by atoms with Gasteiger partial charge in [0.15, 0.2) is 5.69 Å². The first-order chi connectivity index (χ1) is 12.6. The van der Waals surface area contributed by atoms with Gasteiger partial charge in [-0.15, -0.1) is 0 Å². The fourth-order valence-electron chi connectivity index (χ4n) is 3.57. The molecule has 1 aliphatic rings. The SMILES string of the molecule is CCC(C)NC(=O)c1nc(C(=O)N2CCCCC2CC)c2ccccn12. The number of piperidine rings is 1.